The lowest BCUT2D eigenvalue weighted by Crippen LogP contribution is -2.02. The zero-order valence-electron chi connectivity index (χ0n) is 14.9. The van der Waals surface area contributed by atoms with Crippen LogP contribution < -0.4 is 4.74 Å². The molecule has 0 radical (unpaired) electrons. The number of methoxy groups -OCH3 is 1. The predicted octanol–water partition coefficient (Wildman–Crippen LogP) is 3.95. The van der Waals surface area contributed by atoms with E-state index >= 15 is 0 Å². The Morgan fingerprint density at radius 1 is 1.00 bits per heavy atom. The summed E-state index contributed by atoms with van der Waals surface area (Å²) in [5, 5.41) is 4.26. The van der Waals surface area contributed by atoms with Crippen molar-refractivity contribution in [3.05, 3.63) is 66.4 Å². The van der Waals surface area contributed by atoms with Crippen LogP contribution in [0.4, 0.5) is 0 Å². The van der Waals surface area contributed by atoms with Gasteiger partial charge in [0.2, 0.25) is 0 Å². The average Bonchev–Trinajstić information content (AvgIpc) is 3.27. The lowest BCUT2D eigenvalue weighted by Gasteiger charge is -2.10. The Bertz CT molecular complexity index is 1050. The molecule has 4 rings (SSSR count). The van der Waals surface area contributed by atoms with Gasteiger partial charge < -0.3 is 9.72 Å². The number of nitrogens with zero attached hydrogens (tertiary/aromatic N) is 4. The molecule has 0 aliphatic rings. The second-order valence-corrected chi connectivity index (χ2v) is 6.03. The van der Waals surface area contributed by atoms with Crippen LogP contribution in [0, 0.1) is 13.8 Å². The number of benzene rings is 2. The maximum Gasteiger partial charge on any atom is 0.145 e. The molecule has 0 spiro atoms. The molecular formula is C20H19N5O. The highest BCUT2D eigenvalue weighted by atomic mass is 16.5. The van der Waals surface area contributed by atoms with Gasteiger partial charge in [-0.15, -0.1) is 0 Å². The number of hydrogen-bond donors (Lipinski definition) is 1. The lowest BCUT2D eigenvalue weighted by atomic mass is 10.1. The number of hydrogen-bond acceptors (Lipinski definition) is 4. The lowest BCUT2D eigenvalue weighted by molar-refractivity contribution is 0.411. The highest BCUT2D eigenvalue weighted by molar-refractivity contribution is 5.69. The number of aromatic nitrogens is 5. The van der Waals surface area contributed by atoms with Crippen LogP contribution in [0.15, 0.2) is 54.9 Å². The van der Waals surface area contributed by atoms with Gasteiger partial charge in [-0.25, -0.2) is 14.6 Å². The molecule has 1 N–H and O–H groups in total. The molecule has 0 unspecified atom stereocenters. The van der Waals surface area contributed by atoms with Gasteiger partial charge in [-0.05, 0) is 32.0 Å². The average molecular weight is 345 g/mol. The molecule has 130 valence electrons. The molecule has 0 amide bonds. The van der Waals surface area contributed by atoms with Gasteiger partial charge in [0.25, 0.3) is 0 Å². The van der Waals surface area contributed by atoms with Gasteiger partial charge in [-0.3, -0.25) is 0 Å². The SMILES string of the molecule is COc1cc(-c2nc(-c3ccccc3)c(C)[nH]2)ccc1-n1ncnc1C. The van der Waals surface area contributed by atoms with Crippen LogP contribution in [0.25, 0.3) is 28.3 Å². The minimum absolute atomic E-state index is 0.714. The number of H-pyrrole nitrogens is 1. The Balaban J connectivity index is 1.77. The molecule has 4 aromatic rings. The number of nitrogens with one attached hydrogen (secondary N) is 1. The topological polar surface area (TPSA) is 68.6 Å². The maximum atomic E-state index is 5.58. The van der Waals surface area contributed by atoms with E-state index in [0.717, 1.165) is 39.9 Å². The fourth-order valence-corrected chi connectivity index (χ4v) is 3.01. The first kappa shape index (κ1) is 16.1. The van der Waals surface area contributed by atoms with Crippen molar-refractivity contribution in [2.24, 2.45) is 0 Å². The van der Waals surface area contributed by atoms with Gasteiger partial charge in [0.1, 0.15) is 29.4 Å². The van der Waals surface area contributed by atoms with Gasteiger partial charge in [0, 0.05) is 16.8 Å². The van der Waals surface area contributed by atoms with E-state index in [1.807, 2.05) is 50.2 Å². The first-order valence-electron chi connectivity index (χ1n) is 8.35. The van der Waals surface area contributed by atoms with Gasteiger partial charge in [0.15, 0.2) is 0 Å². The maximum absolute atomic E-state index is 5.58. The van der Waals surface area contributed by atoms with Crippen molar-refractivity contribution in [3.8, 4) is 34.1 Å². The summed E-state index contributed by atoms with van der Waals surface area (Å²) < 4.78 is 7.33. The fourth-order valence-electron chi connectivity index (χ4n) is 3.01. The van der Waals surface area contributed by atoms with Crippen LogP contribution in [0.1, 0.15) is 11.5 Å². The third-order valence-electron chi connectivity index (χ3n) is 4.33. The Hall–Kier alpha value is -3.41. The summed E-state index contributed by atoms with van der Waals surface area (Å²) >= 11 is 0. The monoisotopic (exact) mass is 345 g/mol. The first-order chi connectivity index (χ1) is 12.7. The Kier molecular flexibility index (Phi) is 4.01. The zero-order chi connectivity index (χ0) is 18.1. The molecule has 0 fully saturated rings. The van der Waals surface area contributed by atoms with Crippen LogP contribution in [-0.4, -0.2) is 31.8 Å². The van der Waals surface area contributed by atoms with Crippen molar-refractivity contribution in [1.82, 2.24) is 24.7 Å². The second kappa shape index (κ2) is 6.48. The van der Waals surface area contributed by atoms with Crippen LogP contribution in [0.3, 0.4) is 0 Å². The quantitative estimate of drug-likeness (QED) is 0.608. The van der Waals surface area contributed by atoms with E-state index in [0.29, 0.717) is 5.75 Å². The number of aryl methyl sites for hydroxylation is 2. The van der Waals surface area contributed by atoms with Gasteiger partial charge in [-0.1, -0.05) is 30.3 Å². The third kappa shape index (κ3) is 2.75. The number of imidazole rings is 1. The van der Waals surface area contributed by atoms with Crippen molar-refractivity contribution in [3.63, 3.8) is 0 Å². The van der Waals surface area contributed by atoms with E-state index in [-0.39, 0.29) is 0 Å². The highest BCUT2D eigenvalue weighted by Crippen LogP contribution is 2.31. The standard InChI is InChI=1S/C20H19N5O/c1-13-19(15-7-5-4-6-8-15)24-20(23-13)16-9-10-17(18(11-16)26-3)25-14(2)21-12-22-25/h4-12H,1-3H3,(H,23,24). The van der Waals surface area contributed by atoms with Crippen LogP contribution in [0.5, 0.6) is 5.75 Å². The predicted molar refractivity (Wildman–Crippen MR) is 100 cm³/mol. The van der Waals surface area contributed by atoms with Crippen molar-refractivity contribution in [2.75, 3.05) is 7.11 Å². The largest absolute Gasteiger partial charge is 0.494 e. The molecule has 0 saturated heterocycles. The third-order valence-corrected chi connectivity index (χ3v) is 4.33. The van der Waals surface area contributed by atoms with E-state index < -0.39 is 0 Å². The van der Waals surface area contributed by atoms with E-state index in [4.69, 9.17) is 9.72 Å². The van der Waals surface area contributed by atoms with E-state index in [9.17, 15) is 0 Å². The van der Waals surface area contributed by atoms with Gasteiger partial charge in [-0.2, -0.15) is 5.10 Å². The summed E-state index contributed by atoms with van der Waals surface area (Å²) in [7, 11) is 1.65. The minimum Gasteiger partial charge on any atom is -0.494 e. The molecule has 2 heterocycles. The molecule has 6 heteroatoms. The number of aromatic amines is 1. The number of rotatable bonds is 4. The molecule has 0 bridgehead atoms. The summed E-state index contributed by atoms with van der Waals surface area (Å²) in [6.07, 6.45) is 1.53. The number of ether oxygens (including phenoxy) is 1. The smallest absolute Gasteiger partial charge is 0.145 e. The van der Waals surface area contributed by atoms with Gasteiger partial charge in [0.05, 0.1) is 12.8 Å². The molecular weight excluding hydrogens is 326 g/mol. The molecule has 2 aromatic heterocycles. The van der Waals surface area contributed by atoms with E-state index in [1.54, 1.807) is 11.8 Å². The molecule has 0 saturated carbocycles. The van der Waals surface area contributed by atoms with Crippen molar-refractivity contribution in [2.45, 2.75) is 13.8 Å². The summed E-state index contributed by atoms with van der Waals surface area (Å²) in [5.74, 6) is 2.32. The first-order valence-corrected chi connectivity index (χ1v) is 8.35. The molecule has 0 atom stereocenters. The molecule has 0 aliphatic heterocycles. The second-order valence-electron chi connectivity index (χ2n) is 6.03. The fraction of sp³-hybridized carbons (Fsp3) is 0.150. The minimum atomic E-state index is 0.714. The normalized spacial score (nSPS) is 10.9. The summed E-state index contributed by atoms with van der Waals surface area (Å²) in [6.45, 7) is 3.94. The van der Waals surface area contributed by atoms with Crippen LogP contribution >= 0.6 is 0 Å². The van der Waals surface area contributed by atoms with Gasteiger partial charge >= 0.3 is 0 Å². The van der Waals surface area contributed by atoms with Crippen LogP contribution in [0.2, 0.25) is 0 Å². The summed E-state index contributed by atoms with van der Waals surface area (Å²) in [5.41, 5.74) is 4.87. The Morgan fingerprint density at radius 2 is 1.81 bits per heavy atom. The van der Waals surface area contributed by atoms with Crippen molar-refractivity contribution >= 4 is 0 Å². The molecule has 2 aromatic carbocycles. The highest BCUT2D eigenvalue weighted by Gasteiger charge is 2.14. The van der Waals surface area contributed by atoms with Crippen molar-refractivity contribution in [1.29, 1.82) is 0 Å². The van der Waals surface area contributed by atoms with E-state index in [2.05, 4.69) is 27.2 Å². The molecule has 0 aliphatic carbocycles. The Morgan fingerprint density at radius 3 is 2.50 bits per heavy atom. The Labute approximate surface area is 151 Å². The summed E-state index contributed by atoms with van der Waals surface area (Å²) in [4.78, 5) is 12.3. The molecule has 26 heavy (non-hydrogen) atoms. The summed E-state index contributed by atoms with van der Waals surface area (Å²) in [6, 6.07) is 16.1. The molecule has 6 nitrogen and oxygen atoms in total. The van der Waals surface area contributed by atoms with E-state index in [1.165, 1.54) is 6.33 Å². The van der Waals surface area contributed by atoms with Crippen LogP contribution in [-0.2, 0) is 0 Å². The van der Waals surface area contributed by atoms with Crippen molar-refractivity contribution < 1.29 is 4.74 Å². The zero-order valence-corrected chi connectivity index (χ0v) is 14.9.